The minimum atomic E-state index is -2.47. The number of ketones is 1. The van der Waals surface area contributed by atoms with Crippen molar-refractivity contribution in [3.8, 4) is 0 Å². The molecule has 24 heavy (non-hydrogen) atoms. The second kappa shape index (κ2) is 8.44. The molecule has 2 N–H and O–H groups in total. The van der Waals surface area contributed by atoms with Gasteiger partial charge in [-0.2, -0.15) is 8.78 Å². The highest BCUT2D eigenvalue weighted by molar-refractivity contribution is 7.99. The summed E-state index contributed by atoms with van der Waals surface area (Å²) in [4.78, 5) is 23.5. The zero-order chi connectivity index (χ0) is 17.5. The largest absolute Gasteiger partial charge is 0.376 e. The molecule has 2 aromatic carbocycles. The Morgan fingerprint density at radius 2 is 1.58 bits per heavy atom. The summed E-state index contributed by atoms with van der Waals surface area (Å²) >= 11 is 0.454. The molecule has 0 aliphatic rings. The molecule has 1 amide bonds. The molecular weight excluding hydrogens is 334 g/mol. The second-order valence-electron chi connectivity index (χ2n) is 4.94. The second-order valence-corrected chi connectivity index (χ2v) is 6.00. The van der Waals surface area contributed by atoms with E-state index in [1.807, 2.05) is 0 Å². The Kier molecular flexibility index (Phi) is 6.31. The number of carbonyl (C=O) groups excluding carboxylic acids is 2. The Hall–Kier alpha value is -2.41. The summed E-state index contributed by atoms with van der Waals surface area (Å²) in [6.07, 6.45) is 0. The molecule has 0 aliphatic heterocycles. The molecule has 0 spiro atoms. The summed E-state index contributed by atoms with van der Waals surface area (Å²) in [6.45, 7) is 1.54. The average Bonchev–Trinajstić information content (AvgIpc) is 2.54. The van der Waals surface area contributed by atoms with Crippen LogP contribution in [0.25, 0.3) is 0 Å². The molecule has 0 fully saturated rings. The third kappa shape index (κ3) is 5.66. The fourth-order valence-corrected chi connectivity index (χ4v) is 2.43. The Balaban J connectivity index is 1.83. The molecule has 0 saturated heterocycles. The van der Waals surface area contributed by atoms with Crippen LogP contribution in [0.1, 0.15) is 17.3 Å². The zero-order valence-corrected chi connectivity index (χ0v) is 13.7. The SMILES string of the molecule is CC(=O)c1ccc(NCC(=O)Nc2ccc(SC(F)F)cc2)cc1. The Morgan fingerprint density at radius 1 is 1.00 bits per heavy atom. The molecule has 0 bridgehead atoms. The van der Waals surface area contributed by atoms with Crippen molar-refractivity contribution >= 4 is 34.8 Å². The molecule has 2 rings (SSSR count). The van der Waals surface area contributed by atoms with Gasteiger partial charge in [0.25, 0.3) is 5.76 Å². The molecular formula is C17H16F2N2O2S. The highest BCUT2D eigenvalue weighted by Gasteiger charge is 2.06. The molecule has 7 heteroatoms. The van der Waals surface area contributed by atoms with Crippen molar-refractivity contribution in [2.24, 2.45) is 0 Å². The summed E-state index contributed by atoms with van der Waals surface area (Å²) in [5.41, 5.74) is 1.86. The zero-order valence-electron chi connectivity index (χ0n) is 12.9. The summed E-state index contributed by atoms with van der Waals surface area (Å²) in [6, 6.07) is 13.0. The van der Waals surface area contributed by atoms with Gasteiger partial charge >= 0.3 is 0 Å². The summed E-state index contributed by atoms with van der Waals surface area (Å²) < 4.78 is 24.5. The van der Waals surface area contributed by atoms with E-state index in [1.165, 1.54) is 19.1 Å². The highest BCUT2D eigenvalue weighted by Crippen LogP contribution is 2.26. The van der Waals surface area contributed by atoms with E-state index in [0.29, 0.717) is 27.9 Å². The molecule has 0 atom stereocenters. The first kappa shape index (κ1) is 17.9. The van der Waals surface area contributed by atoms with Crippen LogP contribution >= 0.6 is 11.8 Å². The topological polar surface area (TPSA) is 58.2 Å². The number of anilines is 2. The van der Waals surface area contributed by atoms with E-state index >= 15 is 0 Å². The molecule has 0 saturated carbocycles. The van der Waals surface area contributed by atoms with E-state index in [4.69, 9.17) is 0 Å². The summed E-state index contributed by atoms with van der Waals surface area (Å²) in [5, 5.41) is 5.61. The van der Waals surface area contributed by atoms with Gasteiger partial charge in [-0.25, -0.2) is 0 Å². The lowest BCUT2D eigenvalue weighted by Gasteiger charge is -2.09. The first-order valence-corrected chi connectivity index (χ1v) is 8.01. The number of halogens is 2. The standard InChI is InChI=1S/C17H16F2N2O2S/c1-11(22)12-2-4-13(5-3-12)20-10-16(23)21-14-6-8-15(9-7-14)24-17(18)19/h2-9,17,20H,10H2,1H3,(H,21,23). The van der Waals surface area contributed by atoms with Gasteiger partial charge in [0.05, 0.1) is 6.54 Å². The maximum absolute atomic E-state index is 12.2. The molecule has 0 heterocycles. The van der Waals surface area contributed by atoms with E-state index in [9.17, 15) is 18.4 Å². The van der Waals surface area contributed by atoms with Crippen LogP contribution in [0.15, 0.2) is 53.4 Å². The van der Waals surface area contributed by atoms with Gasteiger partial charge < -0.3 is 10.6 Å². The number of amides is 1. The van der Waals surface area contributed by atoms with Gasteiger partial charge in [-0.3, -0.25) is 9.59 Å². The maximum atomic E-state index is 12.2. The molecule has 126 valence electrons. The lowest BCUT2D eigenvalue weighted by Crippen LogP contribution is -2.21. The van der Waals surface area contributed by atoms with Crippen LogP contribution in [-0.2, 0) is 4.79 Å². The smallest absolute Gasteiger partial charge is 0.288 e. The molecule has 0 radical (unpaired) electrons. The van der Waals surface area contributed by atoms with Crippen molar-refractivity contribution < 1.29 is 18.4 Å². The van der Waals surface area contributed by atoms with Gasteiger partial charge in [0.15, 0.2) is 5.78 Å². The van der Waals surface area contributed by atoms with Gasteiger partial charge in [0.2, 0.25) is 5.91 Å². The third-order valence-electron chi connectivity index (χ3n) is 3.11. The number of alkyl halides is 2. The van der Waals surface area contributed by atoms with Crippen LogP contribution in [0.4, 0.5) is 20.2 Å². The van der Waals surface area contributed by atoms with Gasteiger partial charge in [0, 0.05) is 21.8 Å². The molecule has 0 aromatic heterocycles. The quantitative estimate of drug-likeness (QED) is 0.579. The van der Waals surface area contributed by atoms with Crippen LogP contribution in [-0.4, -0.2) is 24.0 Å². The number of hydrogen-bond acceptors (Lipinski definition) is 4. The number of thioether (sulfide) groups is 1. The number of rotatable bonds is 7. The lowest BCUT2D eigenvalue weighted by atomic mass is 10.1. The van der Waals surface area contributed by atoms with Crippen LogP contribution in [0.2, 0.25) is 0 Å². The Bertz CT molecular complexity index is 704. The van der Waals surface area contributed by atoms with Crippen molar-refractivity contribution in [1.29, 1.82) is 0 Å². The third-order valence-corrected chi connectivity index (χ3v) is 3.83. The van der Waals surface area contributed by atoms with Gasteiger partial charge in [-0.15, -0.1) is 0 Å². The minimum Gasteiger partial charge on any atom is -0.376 e. The number of nitrogens with one attached hydrogen (secondary N) is 2. The normalized spacial score (nSPS) is 10.5. The van der Waals surface area contributed by atoms with Crippen molar-refractivity contribution in [3.05, 3.63) is 54.1 Å². The summed E-state index contributed by atoms with van der Waals surface area (Å²) in [5.74, 6) is -2.75. The minimum absolute atomic E-state index is 0.0206. The van der Waals surface area contributed by atoms with Crippen molar-refractivity contribution in [3.63, 3.8) is 0 Å². The maximum Gasteiger partial charge on any atom is 0.288 e. The Morgan fingerprint density at radius 3 is 2.12 bits per heavy atom. The van der Waals surface area contributed by atoms with Crippen LogP contribution in [0.3, 0.4) is 0 Å². The Labute approximate surface area is 142 Å². The number of hydrogen-bond donors (Lipinski definition) is 2. The van der Waals surface area contributed by atoms with Crippen molar-refractivity contribution in [2.45, 2.75) is 17.6 Å². The number of benzene rings is 2. The predicted octanol–water partition coefficient (Wildman–Crippen LogP) is 4.25. The first-order valence-electron chi connectivity index (χ1n) is 7.13. The van der Waals surface area contributed by atoms with E-state index in [2.05, 4.69) is 10.6 Å². The van der Waals surface area contributed by atoms with Crippen molar-refractivity contribution in [2.75, 3.05) is 17.2 Å². The molecule has 2 aromatic rings. The lowest BCUT2D eigenvalue weighted by molar-refractivity contribution is -0.114. The first-order chi connectivity index (χ1) is 11.4. The van der Waals surface area contributed by atoms with E-state index in [1.54, 1.807) is 36.4 Å². The van der Waals surface area contributed by atoms with Crippen LogP contribution in [0.5, 0.6) is 0 Å². The predicted molar refractivity (Wildman–Crippen MR) is 91.9 cm³/mol. The van der Waals surface area contributed by atoms with E-state index in [-0.39, 0.29) is 18.2 Å². The molecule has 0 aliphatic carbocycles. The van der Waals surface area contributed by atoms with E-state index < -0.39 is 5.76 Å². The fourth-order valence-electron chi connectivity index (χ4n) is 1.93. The summed E-state index contributed by atoms with van der Waals surface area (Å²) in [7, 11) is 0. The average molecular weight is 350 g/mol. The fraction of sp³-hybridized carbons (Fsp3) is 0.176. The molecule has 4 nitrogen and oxygen atoms in total. The van der Waals surface area contributed by atoms with Gasteiger partial charge in [-0.05, 0) is 55.5 Å². The van der Waals surface area contributed by atoms with Crippen LogP contribution in [0, 0.1) is 0 Å². The van der Waals surface area contributed by atoms with E-state index in [0.717, 1.165) is 5.69 Å². The monoisotopic (exact) mass is 350 g/mol. The van der Waals surface area contributed by atoms with Crippen LogP contribution < -0.4 is 10.6 Å². The number of carbonyl (C=O) groups is 2. The molecule has 0 unspecified atom stereocenters. The van der Waals surface area contributed by atoms with Gasteiger partial charge in [-0.1, -0.05) is 11.8 Å². The van der Waals surface area contributed by atoms with Crippen molar-refractivity contribution in [1.82, 2.24) is 0 Å². The van der Waals surface area contributed by atoms with Gasteiger partial charge in [0.1, 0.15) is 0 Å². The highest BCUT2D eigenvalue weighted by atomic mass is 32.2. The number of Topliss-reactive ketones (excluding diaryl/α,β-unsaturated/α-hetero) is 1.